The maximum atomic E-state index is 14.0. The number of rotatable bonds is 27. The lowest BCUT2D eigenvalue weighted by atomic mass is 9.95. The second-order valence-corrected chi connectivity index (χ2v) is 8.31. The number of carbonyl (C=O) groups is 1. The number of hydrogen-bond acceptors (Lipinski definition) is 7. The van der Waals surface area contributed by atoms with Crippen LogP contribution in [0.1, 0.15) is 58.8 Å². The Morgan fingerprint density at radius 3 is 1.82 bits per heavy atom. The number of amides is 1. The predicted octanol–water partition coefficient (Wildman–Crippen LogP) is 3.13. The summed E-state index contributed by atoms with van der Waals surface area (Å²) in [5.41, 5.74) is 0. The van der Waals surface area contributed by atoms with Crippen LogP contribution in [0.15, 0.2) is 0 Å². The summed E-state index contributed by atoms with van der Waals surface area (Å²) in [4.78, 5) is 12.4. The molecule has 0 radical (unpaired) electrons. The van der Waals surface area contributed by atoms with Crippen molar-refractivity contribution in [3.05, 3.63) is 0 Å². The molecule has 0 rings (SSSR count). The van der Waals surface area contributed by atoms with Gasteiger partial charge in [0.25, 0.3) is 0 Å². The van der Waals surface area contributed by atoms with Crippen LogP contribution >= 0.6 is 0 Å². The van der Waals surface area contributed by atoms with Crippen LogP contribution in [0.3, 0.4) is 0 Å². The average Bonchev–Trinajstić information content (AvgIpc) is 2.84. The minimum atomic E-state index is -1.22. The van der Waals surface area contributed by atoms with E-state index in [1.54, 1.807) is 0 Å². The topological polar surface area (TPSA) is 87.3 Å². The quantitative estimate of drug-likeness (QED) is 0.170. The molecule has 0 aliphatic carbocycles. The number of unbranched alkanes of at least 4 members (excludes halogenated alkanes) is 3. The molecule has 0 saturated heterocycles. The van der Waals surface area contributed by atoms with E-state index in [1.165, 1.54) is 12.8 Å². The lowest BCUT2D eigenvalue weighted by Gasteiger charge is -2.17. The summed E-state index contributed by atoms with van der Waals surface area (Å²) in [5.74, 6) is -0.0490. The van der Waals surface area contributed by atoms with Gasteiger partial charge in [-0.05, 0) is 19.9 Å². The minimum absolute atomic E-state index is 0.00709. The summed E-state index contributed by atoms with van der Waals surface area (Å²) in [6, 6.07) is 0. The standard InChI is InChI=1S/C25H51FN2O6/c1-4-6-7-8-10-23(9-5-2)25(29)28-21-24(26)22-34-20-19-33-18-17-32-16-15-31-14-13-30-12-11-27-3/h23-24,27H,4-22H2,1-3H3,(H,28,29). The third kappa shape index (κ3) is 22.9. The highest BCUT2D eigenvalue weighted by atomic mass is 19.1. The number of alkyl halides is 1. The van der Waals surface area contributed by atoms with Crippen molar-refractivity contribution >= 4 is 5.91 Å². The zero-order valence-corrected chi connectivity index (χ0v) is 21.9. The molecule has 0 fully saturated rings. The predicted molar refractivity (Wildman–Crippen MR) is 133 cm³/mol. The summed E-state index contributed by atoms with van der Waals surface area (Å²) in [7, 11) is 1.89. The fourth-order valence-electron chi connectivity index (χ4n) is 3.25. The Morgan fingerprint density at radius 2 is 1.29 bits per heavy atom. The Balaban J connectivity index is 3.51. The summed E-state index contributed by atoms with van der Waals surface area (Å²) >= 11 is 0. The smallest absolute Gasteiger partial charge is 0.223 e. The van der Waals surface area contributed by atoms with E-state index in [1.807, 2.05) is 7.05 Å². The molecular formula is C25H51FN2O6. The molecule has 8 nitrogen and oxygen atoms in total. The second-order valence-electron chi connectivity index (χ2n) is 8.31. The van der Waals surface area contributed by atoms with Gasteiger partial charge in [-0.1, -0.05) is 46.0 Å². The Morgan fingerprint density at radius 1 is 0.735 bits per heavy atom. The molecule has 0 aliphatic heterocycles. The molecule has 0 aliphatic rings. The van der Waals surface area contributed by atoms with Crippen molar-refractivity contribution in [2.45, 2.75) is 65.0 Å². The molecule has 34 heavy (non-hydrogen) atoms. The first-order valence-corrected chi connectivity index (χ1v) is 13.1. The molecule has 0 aromatic carbocycles. The first-order chi connectivity index (χ1) is 16.7. The number of ether oxygens (including phenoxy) is 5. The van der Waals surface area contributed by atoms with Crippen LogP contribution in [0.5, 0.6) is 0 Å². The molecule has 0 spiro atoms. The SMILES string of the molecule is CCCCCCC(CCC)C(=O)NCC(F)COCCOCCOCCOCCOCCNC. The summed E-state index contributed by atoms with van der Waals surface area (Å²) < 4.78 is 40.9. The van der Waals surface area contributed by atoms with Crippen molar-refractivity contribution in [2.75, 3.05) is 86.2 Å². The van der Waals surface area contributed by atoms with Crippen molar-refractivity contribution in [1.82, 2.24) is 10.6 Å². The van der Waals surface area contributed by atoms with Crippen molar-refractivity contribution < 1.29 is 32.9 Å². The summed E-state index contributed by atoms with van der Waals surface area (Å²) in [6.45, 7) is 9.45. The molecule has 2 unspecified atom stereocenters. The van der Waals surface area contributed by atoms with E-state index in [-0.39, 0.29) is 25.0 Å². The van der Waals surface area contributed by atoms with Crippen LogP contribution < -0.4 is 10.6 Å². The molecule has 2 atom stereocenters. The van der Waals surface area contributed by atoms with Crippen LogP contribution in [0, 0.1) is 5.92 Å². The van der Waals surface area contributed by atoms with Crippen molar-refractivity contribution in [1.29, 1.82) is 0 Å². The number of likely N-dealkylation sites (N-methyl/N-ethyl adjacent to an activating group) is 1. The van der Waals surface area contributed by atoms with Crippen LogP contribution in [0.25, 0.3) is 0 Å². The zero-order valence-electron chi connectivity index (χ0n) is 21.9. The molecule has 2 N–H and O–H groups in total. The minimum Gasteiger partial charge on any atom is -0.378 e. The van der Waals surface area contributed by atoms with Gasteiger partial charge in [0.2, 0.25) is 5.91 Å². The van der Waals surface area contributed by atoms with Gasteiger partial charge in [-0.2, -0.15) is 0 Å². The maximum absolute atomic E-state index is 14.0. The van der Waals surface area contributed by atoms with E-state index >= 15 is 0 Å². The van der Waals surface area contributed by atoms with E-state index < -0.39 is 6.17 Å². The lowest BCUT2D eigenvalue weighted by Crippen LogP contribution is -2.36. The monoisotopic (exact) mass is 494 g/mol. The highest BCUT2D eigenvalue weighted by Crippen LogP contribution is 2.16. The van der Waals surface area contributed by atoms with E-state index in [4.69, 9.17) is 23.7 Å². The van der Waals surface area contributed by atoms with Crippen molar-refractivity contribution in [2.24, 2.45) is 5.92 Å². The molecule has 0 aromatic heterocycles. The van der Waals surface area contributed by atoms with E-state index in [2.05, 4.69) is 24.5 Å². The molecule has 204 valence electrons. The van der Waals surface area contributed by atoms with Crippen molar-refractivity contribution in [3.8, 4) is 0 Å². The molecule has 0 aromatic rings. The van der Waals surface area contributed by atoms with Gasteiger partial charge < -0.3 is 34.3 Å². The first kappa shape index (κ1) is 33.2. The van der Waals surface area contributed by atoms with E-state index in [0.29, 0.717) is 59.5 Å². The highest BCUT2D eigenvalue weighted by molar-refractivity contribution is 5.78. The number of nitrogens with one attached hydrogen (secondary N) is 2. The van der Waals surface area contributed by atoms with Gasteiger partial charge in [-0.3, -0.25) is 4.79 Å². The lowest BCUT2D eigenvalue weighted by molar-refractivity contribution is -0.125. The summed E-state index contributed by atoms with van der Waals surface area (Å²) in [5, 5.41) is 5.76. The van der Waals surface area contributed by atoms with Gasteiger partial charge in [0.1, 0.15) is 6.17 Å². The van der Waals surface area contributed by atoms with Gasteiger partial charge in [0.05, 0.1) is 72.6 Å². The van der Waals surface area contributed by atoms with Gasteiger partial charge in [0.15, 0.2) is 0 Å². The molecular weight excluding hydrogens is 443 g/mol. The van der Waals surface area contributed by atoms with E-state index in [0.717, 1.165) is 38.6 Å². The summed E-state index contributed by atoms with van der Waals surface area (Å²) in [6.07, 6.45) is 6.06. The number of halogens is 1. The van der Waals surface area contributed by atoms with Gasteiger partial charge >= 0.3 is 0 Å². The Bertz CT molecular complexity index is 434. The Labute approximate surface area is 206 Å². The molecule has 0 bridgehead atoms. The number of hydrogen-bond donors (Lipinski definition) is 2. The fraction of sp³-hybridized carbons (Fsp3) is 0.960. The van der Waals surface area contributed by atoms with Crippen molar-refractivity contribution in [3.63, 3.8) is 0 Å². The van der Waals surface area contributed by atoms with Crippen LogP contribution in [0.2, 0.25) is 0 Å². The van der Waals surface area contributed by atoms with Gasteiger partial charge in [-0.25, -0.2) is 4.39 Å². The van der Waals surface area contributed by atoms with Crippen LogP contribution in [0.4, 0.5) is 4.39 Å². The fourth-order valence-corrected chi connectivity index (χ4v) is 3.25. The average molecular weight is 495 g/mol. The van der Waals surface area contributed by atoms with Crippen LogP contribution in [-0.2, 0) is 28.5 Å². The second kappa shape index (κ2) is 26.8. The third-order valence-corrected chi connectivity index (χ3v) is 5.19. The molecule has 1 amide bonds. The largest absolute Gasteiger partial charge is 0.378 e. The molecule has 9 heteroatoms. The van der Waals surface area contributed by atoms with Gasteiger partial charge in [0, 0.05) is 12.5 Å². The Kier molecular flexibility index (Phi) is 26.1. The maximum Gasteiger partial charge on any atom is 0.223 e. The molecule has 0 saturated carbocycles. The number of carbonyl (C=O) groups excluding carboxylic acids is 1. The Hall–Kier alpha value is -0.840. The van der Waals surface area contributed by atoms with E-state index in [9.17, 15) is 9.18 Å². The highest BCUT2D eigenvalue weighted by Gasteiger charge is 2.18. The normalized spacial score (nSPS) is 13.2. The third-order valence-electron chi connectivity index (χ3n) is 5.19. The van der Waals surface area contributed by atoms with Gasteiger partial charge in [-0.15, -0.1) is 0 Å². The van der Waals surface area contributed by atoms with Crippen LogP contribution in [-0.4, -0.2) is 98.3 Å². The first-order valence-electron chi connectivity index (χ1n) is 13.1. The molecule has 0 heterocycles. The zero-order chi connectivity index (χ0) is 25.1.